The number of anilines is 2. The average molecular weight is 240 g/mol. The summed E-state index contributed by atoms with van der Waals surface area (Å²) < 4.78 is 23.2. The molecule has 0 aromatic heterocycles. The van der Waals surface area contributed by atoms with Crippen LogP contribution >= 0.6 is 0 Å². The number of para-hydroxylation sites is 1. The van der Waals surface area contributed by atoms with Gasteiger partial charge in [0.25, 0.3) is 0 Å². The van der Waals surface area contributed by atoms with Crippen molar-refractivity contribution in [1.29, 1.82) is 0 Å². The van der Waals surface area contributed by atoms with E-state index < -0.39 is 9.84 Å². The molecule has 0 saturated heterocycles. The molecule has 0 atom stereocenters. The highest BCUT2D eigenvalue weighted by molar-refractivity contribution is 7.90. The Kier molecular flexibility index (Phi) is 2.38. The molecule has 16 heavy (non-hydrogen) atoms. The molecule has 1 aliphatic rings. The van der Waals surface area contributed by atoms with Crippen LogP contribution in [-0.2, 0) is 9.84 Å². The summed E-state index contributed by atoms with van der Waals surface area (Å²) in [6, 6.07) is 5.27. The Morgan fingerprint density at radius 2 is 2.00 bits per heavy atom. The van der Waals surface area contributed by atoms with Crippen LogP contribution in [0.1, 0.15) is 13.8 Å². The molecular formula is C11H16N2O2S. The van der Waals surface area contributed by atoms with Gasteiger partial charge >= 0.3 is 0 Å². The molecule has 0 saturated carbocycles. The van der Waals surface area contributed by atoms with Crippen LogP contribution in [0.15, 0.2) is 23.1 Å². The van der Waals surface area contributed by atoms with Crippen molar-refractivity contribution in [3.8, 4) is 0 Å². The highest BCUT2D eigenvalue weighted by Gasteiger charge is 2.27. The monoisotopic (exact) mass is 240 g/mol. The van der Waals surface area contributed by atoms with Crippen molar-refractivity contribution in [2.24, 2.45) is 0 Å². The van der Waals surface area contributed by atoms with Gasteiger partial charge in [0.15, 0.2) is 9.84 Å². The quantitative estimate of drug-likeness (QED) is 0.784. The first kappa shape index (κ1) is 11.3. The fraction of sp³-hybridized carbons (Fsp3) is 0.455. The first-order valence-electron chi connectivity index (χ1n) is 5.15. The number of fused-ring (bicyclic) bond motifs is 1. The molecule has 88 valence electrons. The molecule has 4 nitrogen and oxygen atoms in total. The Labute approximate surface area is 96.0 Å². The zero-order chi connectivity index (χ0) is 12.0. The molecule has 1 heterocycles. The van der Waals surface area contributed by atoms with Gasteiger partial charge in [0.2, 0.25) is 0 Å². The van der Waals surface area contributed by atoms with Crippen molar-refractivity contribution in [2.45, 2.75) is 24.3 Å². The van der Waals surface area contributed by atoms with Gasteiger partial charge in [-0.3, -0.25) is 0 Å². The van der Waals surface area contributed by atoms with Crippen molar-refractivity contribution < 1.29 is 8.42 Å². The molecule has 0 radical (unpaired) electrons. The number of hydrogen-bond acceptors (Lipinski definition) is 4. The van der Waals surface area contributed by atoms with Crippen LogP contribution in [0.5, 0.6) is 0 Å². The Bertz CT molecular complexity index is 521. The first-order chi connectivity index (χ1) is 7.30. The minimum absolute atomic E-state index is 0.0663. The van der Waals surface area contributed by atoms with Gasteiger partial charge in [-0.15, -0.1) is 0 Å². The number of hydrogen-bond donors (Lipinski definition) is 2. The molecule has 0 spiro atoms. The summed E-state index contributed by atoms with van der Waals surface area (Å²) in [5, 5.41) is 6.51. The maximum atomic E-state index is 11.6. The second-order valence-electron chi connectivity index (χ2n) is 4.81. The third kappa shape index (κ3) is 2.00. The molecule has 1 aromatic rings. The third-order valence-electron chi connectivity index (χ3n) is 2.61. The lowest BCUT2D eigenvalue weighted by molar-refractivity contribution is 0.584. The van der Waals surface area contributed by atoms with Crippen molar-refractivity contribution in [1.82, 2.24) is 0 Å². The van der Waals surface area contributed by atoms with E-state index in [0.29, 0.717) is 17.1 Å². The van der Waals surface area contributed by atoms with E-state index in [1.165, 1.54) is 6.26 Å². The summed E-state index contributed by atoms with van der Waals surface area (Å²) in [7, 11) is -3.18. The highest BCUT2D eigenvalue weighted by Crippen LogP contribution is 2.35. The van der Waals surface area contributed by atoms with E-state index in [0.717, 1.165) is 5.69 Å². The van der Waals surface area contributed by atoms with Gasteiger partial charge in [-0.2, -0.15) is 0 Å². The average Bonchev–Trinajstić information content (AvgIpc) is 2.13. The van der Waals surface area contributed by atoms with Crippen LogP contribution in [0, 0.1) is 0 Å². The molecule has 0 bridgehead atoms. The lowest BCUT2D eigenvalue weighted by atomic mass is 10.0. The largest absolute Gasteiger partial charge is 0.380 e. The molecule has 1 aliphatic heterocycles. The Morgan fingerprint density at radius 3 is 2.62 bits per heavy atom. The number of nitrogens with one attached hydrogen (secondary N) is 2. The maximum absolute atomic E-state index is 11.6. The van der Waals surface area contributed by atoms with E-state index in [4.69, 9.17) is 0 Å². The topological polar surface area (TPSA) is 58.2 Å². The second kappa shape index (κ2) is 3.38. The van der Waals surface area contributed by atoms with E-state index in [1.54, 1.807) is 12.1 Å². The smallest absolute Gasteiger partial charge is 0.177 e. The van der Waals surface area contributed by atoms with Gasteiger partial charge in [-0.05, 0) is 26.0 Å². The molecule has 2 rings (SSSR count). The van der Waals surface area contributed by atoms with Crippen molar-refractivity contribution >= 4 is 21.2 Å². The fourth-order valence-electron chi connectivity index (χ4n) is 1.84. The second-order valence-corrected chi connectivity index (χ2v) is 6.80. The molecule has 1 aromatic carbocycles. The van der Waals surface area contributed by atoms with Crippen LogP contribution in [0.25, 0.3) is 0 Å². The van der Waals surface area contributed by atoms with Crippen LogP contribution in [-0.4, -0.2) is 26.8 Å². The summed E-state index contributed by atoms with van der Waals surface area (Å²) in [6.07, 6.45) is 1.23. The Hall–Kier alpha value is -1.23. The summed E-state index contributed by atoms with van der Waals surface area (Å²) in [5.74, 6) is 0. The highest BCUT2D eigenvalue weighted by atomic mass is 32.2. The van der Waals surface area contributed by atoms with E-state index in [-0.39, 0.29) is 5.54 Å². The number of rotatable bonds is 1. The minimum atomic E-state index is -3.18. The summed E-state index contributed by atoms with van der Waals surface area (Å²) in [4.78, 5) is 0.355. The normalized spacial score (nSPS) is 18.2. The van der Waals surface area contributed by atoms with Gasteiger partial charge in [-0.1, -0.05) is 6.07 Å². The van der Waals surface area contributed by atoms with Crippen LogP contribution in [0.4, 0.5) is 11.4 Å². The number of benzene rings is 1. The van der Waals surface area contributed by atoms with Gasteiger partial charge in [0.05, 0.1) is 16.3 Å². The minimum Gasteiger partial charge on any atom is -0.380 e. The predicted molar refractivity (Wildman–Crippen MR) is 65.7 cm³/mol. The van der Waals surface area contributed by atoms with E-state index in [1.807, 2.05) is 6.07 Å². The molecule has 5 heteroatoms. The predicted octanol–water partition coefficient (Wildman–Crippen LogP) is 1.71. The zero-order valence-electron chi connectivity index (χ0n) is 9.66. The fourth-order valence-corrected chi connectivity index (χ4v) is 2.72. The first-order valence-corrected chi connectivity index (χ1v) is 7.04. The summed E-state index contributed by atoms with van der Waals surface area (Å²) in [6.45, 7) is 4.83. The van der Waals surface area contributed by atoms with Gasteiger partial charge in [-0.25, -0.2) is 8.42 Å². The molecule has 0 unspecified atom stereocenters. The standard InChI is InChI=1S/C11H16N2O2S/c1-11(2)7-12-10-8(13-11)5-4-6-9(10)16(3,14)15/h4-6,12-13H,7H2,1-3H3. The Balaban J connectivity index is 2.56. The summed E-state index contributed by atoms with van der Waals surface area (Å²) >= 11 is 0. The molecule has 0 amide bonds. The molecular weight excluding hydrogens is 224 g/mol. The van der Waals surface area contributed by atoms with Crippen LogP contribution in [0.3, 0.4) is 0 Å². The van der Waals surface area contributed by atoms with E-state index in [2.05, 4.69) is 24.5 Å². The molecule has 2 N–H and O–H groups in total. The third-order valence-corrected chi connectivity index (χ3v) is 3.75. The molecule has 0 aliphatic carbocycles. The van der Waals surface area contributed by atoms with Crippen LogP contribution < -0.4 is 10.6 Å². The molecule has 0 fully saturated rings. The van der Waals surface area contributed by atoms with Crippen LogP contribution in [0.2, 0.25) is 0 Å². The van der Waals surface area contributed by atoms with E-state index in [9.17, 15) is 8.42 Å². The summed E-state index contributed by atoms with van der Waals surface area (Å²) in [5.41, 5.74) is 1.46. The number of sulfone groups is 1. The van der Waals surface area contributed by atoms with Gasteiger partial charge < -0.3 is 10.6 Å². The lowest BCUT2D eigenvalue weighted by Gasteiger charge is -2.35. The van der Waals surface area contributed by atoms with Gasteiger partial charge in [0, 0.05) is 18.3 Å². The zero-order valence-corrected chi connectivity index (χ0v) is 10.5. The Morgan fingerprint density at radius 1 is 1.31 bits per heavy atom. The van der Waals surface area contributed by atoms with Crippen molar-refractivity contribution in [3.63, 3.8) is 0 Å². The SMILES string of the molecule is CC1(C)CNc2c(cccc2S(C)(=O)=O)N1. The van der Waals surface area contributed by atoms with Crippen molar-refractivity contribution in [3.05, 3.63) is 18.2 Å². The van der Waals surface area contributed by atoms with Crippen molar-refractivity contribution in [2.75, 3.05) is 23.4 Å². The van der Waals surface area contributed by atoms with Gasteiger partial charge in [0.1, 0.15) is 0 Å². The van der Waals surface area contributed by atoms with E-state index >= 15 is 0 Å². The lowest BCUT2D eigenvalue weighted by Crippen LogP contribution is -2.42. The maximum Gasteiger partial charge on any atom is 0.177 e.